The molecule has 0 radical (unpaired) electrons. The Morgan fingerprint density at radius 2 is 2.11 bits per heavy atom. The third-order valence-corrected chi connectivity index (χ3v) is 4.70. The summed E-state index contributed by atoms with van der Waals surface area (Å²) in [5.41, 5.74) is 1.05. The number of aliphatic imine (C=N–C) groups is 1. The average Bonchev–Trinajstić information content (AvgIpc) is 3.19. The maximum absolute atomic E-state index is 13.9. The third kappa shape index (κ3) is 4.62. The normalized spacial score (nSPS) is 16.8. The second-order valence-electron chi connectivity index (χ2n) is 6.50. The molecule has 8 heteroatoms. The van der Waals surface area contributed by atoms with E-state index in [0.29, 0.717) is 36.4 Å². The van der Waals surface area contributed by atoms with Gasteiger partial charge < -0.3 is 25.0 Å². The van der Waals surface area contributed by atoms with E-state index in [1.165, 1.54) is 6.07 Å². The Hall–Kier alpha value is -3.03. The molecule has 2 aromatic rings. The van der Waals surface area contributed by atoms with E-state index in [2.05, 4.69) is 20.6 Å². The van der Waals surface area contributed by atoms with Crippen LogP contribution in [0.4, 0.5) is 10.2 Å². The number of rotatable bonds is 6. The first-order valence-corrected chi connectivity index (χ1v) is 9.18. The first kappa shape index (κ1) is 19.7. The van der Waals surface area contributed by atoms with Gasteiger partial charge >= 0.3 is 0 Å². The van der Waals surface area contributed by atoms with E-state index in [0.717, 1.165) is 18.5 Å². The van der Waals surface area contributed by atoms with Gasteiger partial charge in [0.05, 0.1) is 14.2 Å². The van der Waals surface area contributed by atoms with Crippen molar-refractivity contribution < 1.29 is 13.9 Å². The zero-order valence-corrected chi connectivity index (χ0v) is 16.4. The Bertz CT molecular complexity index is 830. The average molecular weight is 387 g/mol. The summed E-state index contributed by atoms with van der Waals surface area (Å²) in [6.45, 7) is 2.01. The lowest BCUT2D eigenvalue weighted by Gasteiger charge is -2.20. The predicted octanol–water partition coefficient (Wildman–Crippen LogP) is 2.18. The summed E-state index contributed by atoms with van der Waals surface area (Å²) in [7, 11) is 4.96. The van der Waals surface area contributed by atoms with Crippen LogP contribution in [0, 0.1) is 5.82 Å². The fourth-order valence-electron chi connectivity index (χ4n) is 3.24. The van der Waals surface area contributed by atoms with Crippen LogP contribution in [0.3, 0.4) is 0 Å². The molecule has 2 heterocycles. The van der Waals surface area contributed by atoms with Crippen molar-refractivity contribution in [2.45, 2.75) is 19.0 Å². The van der Waals surface area contributed by atoms with Gasteiger partial charge in [0.15, 0.2) is 29.1 Å². The maximum Gasteiger partial charge on any atom is 0.191 e. The number of methoxy groups -OCH3 is 2. The van der Waals surface area contributed by atoms with E-state index in [9.17, 15) is 4.39 Å². The van der Waals surface area contributed by atoms with Gasteiger partial charge in [-0.1, -0.05) is 6.07 Å². The summed E-state index contributed by atoms with van der Waals surface area (Å²) >= 11 is 0. The minimum atomic E-state index is -0.292. The van der Waals surface area contributed by atoms with Crippen molar-refractivity contribution >= 4 is 11.8 Å². The largest absolute Gasteiger partial charge is 0.493 e. The van der Waals surface area contributed by atoms with Gasteiger partial charge in [0, 0.05) is 38.9 Å². The lowest BCUT2D eigenvalue weighted by molar-refractivity contribution is 0.354. The van der Waals surface area contributed by atoms with Crippen molar-refractivity contribution in [1.29, 1.82) is 0 Å². The minimum absolute atomic E-state index is 0.165. The van der Waals surface area contributed by atoms with Crippen molar-refractivity contribution in [2.24, 2.45) is 4.99 Å². The van der Waals surface area contributed by atoms with Crippen LogP contribution in [0.15, 0.2) is 41.5 Å². The van der Waals surface area contributed by atoms with E-state index in [1.807, 2.05) is 23.1 Å². The molecule has 3 rings (SSSR count). The number of hydrogen-bond donors (Lipinski definition) is 2. The molecule has 1 aliphatic rings. The van der Waals surface area contributed by atoms with Crippen LogP contribution in [0.25, 0.3) is 0 Å². The molecule has 1 aliphatic heterocycles. The molecule has 0 bridgehead atoms. The van der Waals surface area contributed by atoms with Gasteiger partial charge in [-0.15, -0.1) is 0 Å². The minimum Gasteiger partial charge on any atom is -0.493 e. The van der Waals surface area contributed by atoms with E-state index < -0.39 is 0 Å². The summed E-state index contributed by atoms with van der Waals surface area (Å²) in [4.78, 5) is 10.4. The van der Waals surface area contributed by atoms with Crippen LogP contribution >= 0.6 is 0 Å². The van der Waals surface area contributed by atoms with Crippen molar-refractivity contribution in [3.8, 4) is 11.5 Å². The molecule has 1 aromatic carbocycles. The van der Waals surface area contributed by atoms with Gasteiger partial charge in [-0.25, -0.2) is 9.37 Å². The second-order valence-corrected chi connectivity index (χ2v) is 6.50. The number of guanidine groups is 1. The molecule has 1 aromatic heterocycles. The molecule has 1 unspecified atom stereocenters. The van der Waals surface area contributed by atoms with Gasteiger partial charge in [-0.2, -0.15) is 0 Å². The van der Waals surface area contributed by atoms with Crippen LogP contribution in [0.2, 0.25) is 0 Å². The highest BCUT2D eigenvalue weighted by atomic mass is 19.1. The number of hydrogen-bond acceptors (Lipinski definition) is 5. The second kappa shape index (κ2) is 9.25. The molecule has 28 heavy (non-hydrogen) atoms. The number of nitrogens with zero attached hydrogens (tertiary/aromatic N) is 3. The van der Waals surface area contributed by atoms with Crippen molar-refractivity contribution in [3.63, 3.8) is 0 Å². The summed E-state index contributed by atoms with van der Waals surface area (Å²) in [6.07, 6.45) is 2.50. The van der Waals surface area contributed by atoms with Crippen molar-refractivity contribution in [1.82, 2.24) is 15.6 Å². The van der Waals surface area contributed by atoms with Gasteiger partial charge in [0.2, 0.25) is 0 Å². The van der Waals surface area contributed by atoms with Gasteiger partial charge in [-0.05, 0) is 36.2 Å². The smallest absolute Gasteiger partial charge is 0.191 e. The number of ether oxygens (including phenoxy) is 2. The Kier molecular flexibility index (Phi) is 6.52. The molecule has 7 nitrogen and oxygen atoms in total. The molecule has 150 valence electrons. The van der Waals surface area contributed by atoms with Crippen LogP contribution in [-0.2, 0) is 6.54 Å². The number of aromatic nitrogens is 1. The van der Waals surface area contributed by atoms with Gasteiger partial charge in [0.25, 0.3) is 0 Å². The molecule has 1 saturated heterocycles. The van der Waals surface area contributed by atoms with Gasteiger partial charge in [0.1, 0.15) is 0 Å². The van der Waals surface area contributed by atoms with Crippen molar-refractivity contribution in [2.75, 3.05) is 39.3 Å². The molecule has 1 fully saturated rings. The lowest BCUT2D eigenvalue weighted by Crippen LogP contribution is -2.44. The Labute approximate surface area is 164 Å². The Morgan fingerprint density at radius 3 is 2.82 bits per heavy atom. The third-order valence-electron chi connectivity index (χ3n) is 4.70. The number of benzene rings is 1. The highest BCUT2D eigenvalue weighted by molar-refractivity contribution is 5.80. The monoisotopic (exact) mass is 387 g/mol. The lowest BCUT2D eigenvalue weighted by atomic mass is 10.2. The quantitative estimate of drug-likeness (QED) is 0.585. The molecule has 0 aliphatic carbocycles. The Morgan fingerprint density at radius 1 is 1.29 bits per heavy atom. The molecule has 0 amide bonds. The number of nitrogens with one attached hydrogen (secondary N) is 2. The maximum atomic E-state index is 13.9. The summed E-state index contributed by atoms with van der Waals surface area (Å²) in [5.74, 6) is 2.19. The fraction of sp³-hybridized carbons (Fsp3) is 0.400. The van der Waals surface area contributed by atoms with E-state index in [1.54, 1.807) is 33.5 Å². The van der Waals surface area contributed by atoms with Crippen LogP contribution in [0.5, 0.6) is 11.5 Å². The molecule has 2 N–H and O–H groups in total. The summed E-state index contributed by atoms with van der Waals surface area (Å²) in [6, 6.07) is 8.99. The predicted molar refractivity (Wildman–Crippen MR) is 108 cm³/mol. The standard InChI is InChI=1S/C20H26FN5O2/c1-22-20(24-12-14-6-7-17(27-2)18(11-14)28-3)25-15-8-10-26(13-15)19-16(21)5-4-9-23-19/h4-7,9,11,15H,8,10,12-13H2,1-3H3,(H2,22,24,25). The number of anilines is 1. The highest BCUT2D eigenvalue weighted by Gasteiger charge is 2.25. The highest BCUT2D eigenvalue weighted by Crippen LogP contribution is 2.27. The number of pyridine rings is 1. The zero-order valence-electron chi connectivity index (χ0n) is 16.4. The van der Waals surface area contributed by atoms with Crippen LogP contribution in [0.1, 0.15) is 12.0 Å². The fourth-order valence-corrected chi connectivity index (χ4v) is 3.24. The molecular weight excluding hydrogens is 361 g/mol. The first-order valence-electron chi connectivity index (χ1n) is 9.18. The Balaban J connectivity index is 1.55. The molecular formula is C20H26FN5O2. The topological polar surface area (TPSA) is 71.0 Å². The van der Waals surface area contributed by atoms with Gasteiger partial charge in [-0.3, -0.25) is 4.99 Å². The van der Waals surface area contributed by atoms with Crippen LogP contribution < -0.4 is 25.0 Å². The molecule has 0 saturated carbocycles. The first-order chi connectivity index (χ1) is 13.6. The van der Waals surface area contributed by atoms with E-state index >= 15 is 0 Å². The zero-order chi connectivity index (χ0) is 19.9. The summed E-state index contributed by atoms with van der Waals surface area (Å²) in [5, 5.41) is 6.70. The van der Waals surface area contributed by atoms with E-state index in [4.69, 9.17) is 9.47 Å². The summed E-state index contributed by atoms with van der Waals surface area (Å²) < 4.78 is 24.5. The molecule has 0 spiro atoms. The molecule has 1 atom stereocenters. The van der Waals surface area contributed by atoms with Crippen molar-refractivity contribution in [3.05, 3.63) is 47.9 Å². The van der Waals surface area contributed by atoms with Crippen LogP contribution in [-0.4, -0.2) is 51.3 Å². The van der Waals surface area contributed by atoms with E-state index in [-0.39, 0.29) is 11.9 Å². The number of halogens is 1. The SMILES string of the molecule is CN=C(NCc1ccc(OC)c(OC)c1)NC1CCN(c2ncccc2F)C1.